The third-order valence-electron chi connectivity index (χ3n) is 4.88. The van der Waals surface area contributed by atoms with Crippen LogP contribution >= 0.6 is 0 Å². The Morgan fingerprint density at radius 3 is 2.43 bits per heavy atom. The molecule has 0 aromatic heterocycles. The van der Waals surface area contributed by atoms with Gasteiger partial charge in [-0.2, -0.15) is 5.26 Å². The number of nitriles is 1. The third-order valence-corrected chi connectivity index (χ3v) is 4.88. The Morgan fingerprint density at radius 1 is 1.04 bits per heavy atom. The Kier molecular flexibility index (Phi) is 7.22. The lowest BCUT2D eigenvalue weighted by Crippen LogP contribution is -2.48. The molecule has 0 bridgehead atoms. The number of carbonyl (C=O) groups excluding carboxylic acids is 1. The molecule has 0 radical (unpaired) electrons. The van der Waals surface area contributed by atoms with E-state index in [1.54, 1.807) is 12.1 Å². The molecule has 1 saturated heterocycles. The van der Waals surface area contributed by atoms with Gasteiger partial charge in [-0.1, -0.05) is 42.5 Å². The number of hydrogen-bond acceptors (Lipinski definition) is 4. The van der Waals surface area contributed by atoms with Crippen LogP contribution in [0, 0.1) is 11.3 Å². The smallest absolute Gasteiger partial charge is 0.224 e. The number of carbonyl (C=O) groups is 1. The van der Waals surface area contributed by atoms with Crippen LogP contribution in [0.3, 0.4) is 0 Å². The van der Waals surface area contributed by atoms with Crippen molar-refractivity contribution in [3.8, 4) is 6.07 Å². The quantitative estimate of drug-likeness (QED) is 0.808. The van der Waals surface area contributed by atoms with E-state index in [1.807, 2.05) is 35.2 Å². The lowest BCUT2D eigenvalue weighted by molar-refractivity contribution is -0.132. The van der Waals surface area contributed by atoms with Gasteiger partial charge in [0.2, 0.25) is 5.91 Å². The number of nitrogens with one attached hydrogen (secondary N) is 1. The minimum Gasteiger partial charge on any atom is -0.385 e. The molecule has 1 aliphatic rings. The second-order valence-electron chi connectivity index (χ2n) is 6.86. The van der Waals surface area contributed by atoms with E-state index in [4.69, 9.17) is 5.26 Å². The van der Waals surface area contributed by atoms with Crippen LogP contribution in [0.1, 0.15) is 17.5 Å². The molecule has 0 saturated carbocycles. The van der Waals surface area contributed by atoms with Crippen molar-refractivity contribution >= 4 is 17.7 Å². The van der Waals surface area contributed by atoms with E-state index in [1.165, 1.54) is 5.56 Å². The van der Waals surface area contributed by atoms with Gasteiger partial charge in [0.1, 0.15) is 0 Å². The summed E-state index contributed by atoms with van der Waals surface area (Å²) in [6, 6.07) is 19.7. The monoisotopic (exact) mass is 374 g/mol. The van der Waals surface area contributed by atoms with Crippen molar-refractivity contribution in [3.63, 3.8) is 0 Å². The zero-order chi connectivity index (χ0) is 19.6. The largest absolute Gasteiger partial charge is 0.385 e. The Bertz CT molecular complexity index is 816. The Balaban J connectivity index is 1.34. The summed E-state index contributed by atoms with van der Waals surface area (Å²) in [4.78, 5) is 16.7. The van der Waals surface area contributed by atoms with Gasteiger partial charge in [-0.05, 0) is 29.8 Å². The molecule has 0 aliphatic carbocycles. The highest BCUT2D eigenvalue weighted by atomic mass is 16.2. The van der Waals surface area contributed by atoms with Crippen molar-refractivity contribution < 1.29 is 4.79 Å². The van der Waals surface area contributed by atoms with Crippen LogP contribution in [0.25, 0.3) is 6.08 Å². The number of rotatable bonds is 7. The van der Waals surface area contributed by atoms with Gasteiger partial charge in [0.25, 0.3) is 0 Å². The minimum absolute atomic E-state index is 0.195. The maximum Gasteiger partial charge on any atom is 0.224 e. The number of amides is 1. The van der Waals surface area contributed by atoms with E-state index in [2.05, 4.69) is 40.6 Å². The summed E-state index contributed by atoms with van der Waals surface area (Å²) in [7, 11) is 0. The molecule has 0 atom stereocenters. The first-order valence-electron chi connectivity index (χ1n) is 9.70. The number of hydrogen-bond donors (Lipinski definition) is 1. The molecule has 144 valence electrons. The van der Waals surface area contributed by atoms with Crippen LogP contribution in [0.2, 0.25) is 0 Å². The second-order valence-corrected chi connectivity index (χ2v) is 6.86. The first-order valence-corrected chi connectivity index (χ1v) is 9.70. The fourth-order valence-electron chi connectivity index (χ4n) is 3.22. The van der Waals surface area contributed by atoms with E-state index >= 15 is 0 Å². The van der Waals surface area contributed by atoms with Crippen LogP contribution < -0.4 is 5.32 Å². The molecule has 28 heavy (non-hydrogen) atoms. The number of benzene rings is 2. The minimum atomic E-state index is 0.195. The highest BCUT2D eigenvalue weighted by molar-refractivity contribution is 5.76. The van der Waals surface area contributed by atoms with Crippen molar-refractivity contribution in [2.45, 2.75) is 6.42 Å². The van der Waals surface area contributed by atoms with E-state index in [0.29, 0.717) is 18.5 Å². The average molecular weight is 374 g/mol. The summed E-state index contributed by atoms with van der Waals surface area (Å²) in [5, 5.41) is 12.1. The van der Waals surface area contributed by atoms with Gasteiger partial charge in [0.15, 0.2) is 0 Å². The Labute approximate surface area is 166 Å². The van der Waals surface area contributed by atoms with Gasteiger partial charge < -0.3 is 10.2 Å². The molecule has 0 unspecified atom stereocenters. The van der Waals surface area contributed by atoms with Crippen LogP contribution in [-0.4, -0.2) is 55.0 Å². The predicted molar refractivity (Wildman–Crippen MR) is 113 cm³/mol. The summed E-state index contributed by atoms with van der Waals surface area (Å²) in [6.45, 7) is 4.91. The van der Waals surface area contributed by atoms with Crippen molar-refractivity contribution in [1.82, 2.24) is 9.80 Å². The summed E-state index contributed by atoms with van der Waals surface area (Å²) >= 11 is 0. The highest BCUT2D eigenvalue weighted by Crippen LogP contribution is 2.10. The van der Waals surface area contributed by atoms with Crippen LogP contribution in [-0.2, 0) is 4.79 Å². The lowest BCUT2D eigenvalue weighted by atomic mass is 10.2. The van der Waals surface area contributed by atoms with Crippen molar-refractivity contribution in [2.75, 3.05) is 44.6 Å². The molecule has 5 heteroatoms. The molecule has 1 fully saturated rings. The highest BCUT2D eigenvalue weighted by Gasteiger charge is 2.19. The Hall–Kier alpha value is -3.10. The normalized spacial score (nSPS) is 14.8. The fraction of sp³-hybridized carbons (Fsp3) is 0.304. The maximum atomic E-state index is 12.4. The van der Waals surface area contributed by atoms with Gasteiger partial charge in [0.05, 0.1) is 11.6 Å². The molecule has 0 spiro atoms. The van der Waals surface area contributed by atoms with Crippen LogP contribution in [0.5, 0.6) is 0 Å². The van der Waals surface area contributed by atoms with Crippen LogP contribution in [0.4, 0.5) is 5.69 Å². The average Bonchev–Trinajstić information content (AvgIpc) is 2.75. The summed E-state index contributed by atoms with van der Waals surface area (Å²) in [6.07, 6.45) is 4.81. The molecule has 1 aliphatic heterocycles. The SMILES string of the molecule is N#Cc1ccc(NCCC(=O)N2CCN(C/C=C/c3ccccc3)CC2)cc1. The molecule has 1 amide bonds. The molecule has 1 heterocycles. The van der Waals surface area contributed by atoms with Gasteiger partial charge in [0, 0.05) is 51.4 Å². The van der Waals surface area contributed by atoms with E-state index in [0.717, 1.165) is 38.4 Å². The Morgan fingerprint density at radius 2 is 1.75 bits per heavy atom. The molecule has 1 N–H and O–H groups in total. The fourth-order valence-corrected chi connectivity index (χ4v) is 3.22. The first kappa shape index (κ1) is 19.7. The third kappa shape index (κ3) is 5.97. The number of anilines is 1. The molecule has 2 aromatic rings. The topological polar surface area (TPSA) is 59.4 Å². The molecule has 2 aromatic carbocycles. The number of piperazine rings is 1. The second kappa shape index (κ2) is 10.3. The van der Waals surface area contributed by atoms with E-state index in [9.17, 15) is 4.79 Å². The van der Waals surface area contributed by atoms with Gasteiger partial charge in [-0.15, -0.1) is 0 Å². The molecular weight excluding hydrogens is 348 g/mol. The summed E-state index contributed by atoms with van der Waals surface area (Å²) in [5.74, 6) is 0.195. The van der Waals surface area contributed by atoms with Crippen molar-refractivity contribution in [2.24, 2.45) is 0 Å². The summed E-state index contributed by atoms with van der Waals surface area (Å²) < 4.78 is 0. The lowest BCUT2D eigenvalue weighted by Gasteiger charge is -2.34. The standard InChI is InChI=1S/C23H26N4O/c24-19-21-8-10-22(11-9-21)25-13-12-23(28)27-17-15-26(16-18-27)14-4-7-20-5-2-1-3-6-20/h1-11,25H,12-18H2/b7-4+. The van der Waals surface area contributed by atoms with Crippen LogP contribution in [0.15, 0.2) is 60.7 Å². The van der Waals surface area contributed by atoms with Crippen molar-refractivity contribution in [1.29, 1.82) is 5.26 Å². The maximum absolute atomic E-state index is 12.4. The molecular formula is C23H26N4O. The summed E-state index contributed by atoms with van der Waals surface area (Å²) in [5.41, 5.74) is 2.78. The zero-order valence-electron chi connectivity index (χ0n) is 16.1. The van der Waals surface area contributed by atoms with Gasteiger partial charge >= 0.3 is 0 Å². The van der Waals surface area contributed by atoms with E-state index in [-0.39, 0.29) is 5.91 Å². The van der Waals surface area contributed by atoms with Gasteiger partial charge in [-0.3, -0.25) is 9.69 Å². The molecule has 3 rings (SSSR count). The van der Waals surface area contributed by atoms with Gasteiger partial charge in [-0.25, -0.2) is 0 Å². The van der Waals surface area contributed by atoms with Crippen molar-refractivity contribution in [3.05, 3.63) is 71.8 Å². The van der Waals surface area contributed by atoms with E-state index < -0.39 is 0 Å². The predicted octanol–water partition coefficient (Wildman–Crippen LogP) is 3.22. The molecule has 5 nitrogen and oxygen atoms in total. The first-order chi connectivity index (χ1) is 13.7. The number of nitrogens with zero attached hydrogens (tertiary/aromatic N) is 3. The zero-order valence-corrected chi connectivity index (χ0v) is 16.1.